The molecular formula is C4H4ClFN2O5. The van der Waals surface area contributed by atoms with E-state index in [0.717, 1.165) is 12.3 Å². The number of halogens is 2. The van der Waals surface area contributed by atoms with Crippen LogP contribution in [0.15, 0.2) is 0 Å². The first kappa shape index (κ1) is 11.6. The molecule has 1 unspecified atom stereocenters. The van der Waals surface area contributed by atoms with Crippen LogP contribution in [0.25, 0.3) is 0 Å². The summed E-state index contributed by atoms with van der Waals surface area (Å²) < 4.78 is 16.3. The van der Waals surface area contributed by atoms with Gasteiger partial charge in [0.25, 0.3) is 0 Å². The van der Waals surface area contributed by atoms with Gasteiger partial charge in [-0.2, -0.15) is 4.39 Å². The molecule has 13 heavy (non-hydrogen) atoms. The van der Waals surface area contributed by atoms with Crippen LogP contribution in [0.3, 0.4) is 0 Å². The topological polar surface area (TPSA) is 98.5 Å². The molecular weight excluding hydrogens is 211 g/mol. The number of ether oxygens (including phenoxy) is 1. The first-order valence-corrected chi connectivity index (χ1v) is 3.16. The minimum atomic E-state index is -3.56. The maximum absolute atomic E-state index is 12.7. The number of hydrogen-bond acceptors (Lipinski definition) is 5. The second-order valence-corrected chi connectivity index (χ2v) is 2.29. The Kier molecular flexibility index (Phi) is 3.54. The van der Waals surface area contributed by atoms with Crippen molar-refractivity contribution in [1.82, 2.24) is 5.43 Å². The molecule has 0 aromatic heterocycles. The van der Waals surface area contributed by atoms with Crippen LogP contribution in [-0.2, 0) is 14.3 Å². The van der Waals surface area contributed by atoms with Gasteiger partial charge >= 0.3 is 17.2 Å². The van der Waals surface area contributed by atoms with Gasteiger partial charge in [-0.05, 0) is 11.6 Å². The molecule has 0 aliphatic carbocycles. The van der Waals surface area contributed by atoms with Crippen LogP contribution in [0, 0.1) is 10.1 Å². The van der Waals surface area contributed by atoms with Gasteiger partial charge in [-0.15, -0.1) is 0 Å². The van der Waals surface area contributed by atoms with E-state index in [-0.39, 0.29) is 0 Å². The molecule has 0 saturated heterocycles. The lowest BCUT2D eigenvalue weighted by molar-refractivity contribution is -0.531. The monoisotopic (exact) mass is 214 g/mol. The Morgan fingerprint density at radius 3 is 2.46 bits per heavy atom. The minimum Gasteiger partial charge on any atom is -0.407 e. The summed E-state index contributed by atoms with van der Waals surface area (Å²) in [4.78, 5) is 30.3. The largest absolute Gasteiger partial charge is 0.415 e. The third kappa shape index (κ3) is 4.21. The van der Waals surface area contributed by atoms with E-state index in [1.165, 1.54) is 0 Å². The Morgan fingerprint density at radius 2 is 2.15 bits per heavy atom. The van der Waals surface area contributed by atoms with E-state index in [9.17, 15) is 24.1 Å². The Balaban J connectivity index is 4.35. The lowest BCUT2D eigenvalue weighted by atomic mass is 10.6. The zero-order valence-electron chi connectivity index (χ0n) is 6.24. The number of amides is 1. The van der Waals surface area contributed by atoms with Crippen LogP contribution in [-0.4, -0.2) is 22.2 Å². The molecule has 0 aromatic carbocycles. The first-order chi connectivity index (χ1) is 5.75. The van der Waals surface area contributed by atoms with E-state index >= 15 is 0 Å². The molecule has 0 bridgehead atoms. The van der Waals surface area contributed by atoms with Gasteiger partial charge in [-0.1, -0.05) is 5.43 Å². The lowest BCUT2D eigenvalue weighted by Crippen LogP contribution is -2.44. The summed E-state index contributed by atoms with van der Waals surface area (Å²) in [6.45, 7) is 0.788. The van der Waals surface area contributed by atoms with Crippen molar-refractivity contribution in [3.63, 3.8) is 0 Å². The summed E-state index contributed by atoms with van der Waals surface area (Å²) in [6, 6.07) is 0. The number of carbonyl (C=O) groups is 2. The summed E-state index contributed by atoms with van der Waals surface area (Å²) in [5.41, 5.74) is 0.888. The molecule has 7 nitrogen and oxygen atoms in total. The summed E-state index contributed by atoms with van der Waals surface area (Å²) in [7, 11) is 0. The number of nitro groups is 1. The Bertz CT molecular complexity index is 255. The Labute approximate surface area is 75.9 Å². The number of nitrogens with one attached hydrogen (secondary N) is 1. The van der Waals surface area contributed by atoms with Crippen LogP contribution in [0.4, 0.5) is 4.39 Å². The lowest BCUT2D eigenvalue weighted by Gasteiger charge is -2.12. The van der Waals surface area contributed by atoms with Crippen molar-refractivity contribution in [3.05, 3.63) is 10.1 Å². The number of rotatable bonds is 3. The predicted molar refractivity (Wildman–Crippen MR) is 36.6 cm³/mol. The standard InChI is InChI=1S/C4H4ClFN2O5/c1-2(9)13-4(5,6)3(10)7-8(11)12/h1H3,(H,7,10). The van der Waals surface area contributed by atoms with E-state index in [1.807, 2.05) is 0 Å². The van der Waals surface area contributed by atoms with Gasteiger partial charge in [-0.3, -0.25) is 9.59 Å². The van der Waals surface area contributed by atoms with Gasteiger partial charge in [0.05, 0.1) is 0 Å². The van der Waals surface area contributed by atoms with Gasteiger partial charge in [0.2, 0.25) is 0 Å². The maximum Gasteiger partial charge on any atom is 0.415 e. The molecule has 0 aliphatic heterocycles. The fourth-order valence-electron chi connectivity index (χ4n) is 0.375. The maximum atomic E-state index is 12.7. The normalized spacial score (nSPS) is 14.1. The smallest absolute Gasteiger partial charge is 0.407 e. The average Bonchev–Trinajstić information content (AvgIpc) is 1.81. The molecule has 0 saturated carbocycles. The van der Waals surface area contributed by atoms with Gasteiger partial charge in [0.15, 0.2) is 5.03 Å². The van der Waals surface area contributed by atoms with Crippen molar-refractivity contribution >= 4 is 23.5 Å². The highest BCUT2D eigenvalue weighted by atomic mass is 35.5. The molecule has 0 heterocycles. The number of esters is 1. The Hall–Kier alpha value is -1.44. The van der Waals surface area contributed by atoms with Crippen LogP contribution in [0.5, 0.6) is 0 Å². The molecule has 0 fully saturated rings. The van der Waals surface area contributed by atoms with Crippen LogP contribution in [0.2, 0.25) is 0 Å². The van der Waals surface area contributed by atoms with E-state index in [4.69, 9.17) is 11.6 Å². The molecule has 0 aromatic rings. The van der Waals surface area contributed by atoms with Crippen molar-refractivity contribution in [2.75, 3.05) is 0 Å². The van der Waals surface area contributed by atoms with Crippen molar-refractivity contribution < 1.29 is 23.7 Å². The van der Waals surface area contributed by atoms with E-state index < -0.39 is 22.2 Å². The quantitative estimate of drug-likeness (QED) is 0.301. The van der Waals surface area contributed by atoms with E-state index in [2.05, 4.69) is 4.74 Å². The third-order valence-electron chi connectivity index (χ3n) is 0.729. The molecule has 9 heteroatoms. The number of hydrogen-bond donors (Lipinski definition) is 1. The first-order valence-electron chi connectivity index (χ1n) is 2.78. The van der Waals surface area contributed by atoms with Crippen molar-refractivity contribution in [2.24, 2.45) is 0 Å². The van der Waals surface area contributed by atoms with Crippen LogP contribution < -0.4 is 5.43 Å². The molecule has 0 rings (SSSR count). The van der Waals surface area contributed by atoms with Gasteiger partial charge < -0.3 is 4.74 Å². The highest BCUT2D eigenvalue weighted by molar-refractivity contribution is 6.32. The van der Waals surface area contributed by atoms with Gasteiger partial charge in [0, 0.05) is 6.92 Å². The van der Waals surface area contributed by atoms with Crippen LogP contribution in [0.1, 0.15) is 6.92 Å². The summed E-state index contributed by atoms with van der Waals surface area (Å²) in [6.07, 6.45) is 0. The molecule has 0 radical (unpaired) electrons. The van der Waals surface area contributed by atoms with E-state index in [0.29, 0.717) is 0 Å². The third-order valence-corrected chi connectivity index (χ3v) is 0.978. The number of alkyl halides is 2. The number of hydrazine groups is 1. The molecule has 1 amide bonds. The fraction of sp³-hybridized carbons (Fsp3) is 0.500. The fourth-order valence-corrected chi connectivity index (χ4v) is 0.526. The molecule has 0 aliphatic rings. The van der Waals surface area contributed by atoms with Crippen molar-refractivity contribution in [2.45, 2.75) is 12.2 Å². The Morgan fingerprint density at radius 1 is 1.69 bits per heavy atom. The van der Waals surface area contributed by atoms with Gasteiger partial charge in [-0.25, -0.2) is 10.1 Å². The van der Waals surface area contributed by atoms with Crippen LogP contribution >= 0.6 is 11.6 Å². The molecule has 1 atom stereocenters. The highest BCUT2D eigenvalue weighted by Crippen LogP contribution is 2.19. The van der Waals surface area contributed by atoms with Crippen molar-refractivity contribution in [3.8, 4) is 0 Å². The molecule has 0 spiro atoms. The number of nitrogens with zero attached hydrogens (tertiary/aromatic N) is 1. The molecule has 74 valence electrons. The van der Waals surface area contributed by atoms with Gasteiger partial charge in [0.1, 0.15) is 0 Å². The zero-order valence-corrected chi connectivity index (χ0v) is 7.00. The number of carbonyl (C=O) groups excluding carboxylic acids is 2. The van der Waals surface area contributed by atoms with E-state index in [1.54, 1.807) is 0 Å². The zero-order chi connectivity index (χ0) is 10.6. The summed E-state index contributed by atoms with van der Waals surface area (Å²) in [5.74, 6) is -3.06. The highest BCUT2D eigenvalue weighted by Gasteiger charge is 2.43. The average molecular weight is 215 g/mol. The predicted octanol–water partition coefficient (Wildman–Crippen LogP) is -0.281. The SMILES string of the molecule is CC(=O)OC(F)(Cl)C(=O)N[N+](=O)[O-]. The van der Waals surface area contributed by atoms with Crippen molar-refractivity contribution in [1.29, 1.82) is 0 Å². The second kappa shape index (κ2) is 3.99. The minimum absolute atomic E-state index is 0.788. The second-order valence-electron chi connectivity index (χ2n) is 1.81. The summed E-state index contributed by atoms with van der Waals surface area (Å²) in [5, 5.41) is 4.76. The molecule has 1 N–H and O–H groups in total. The summed E-state index contributed by atoms with van der Waals surface area (Å²) >= 11 is 4.70.